The number of carboxylic acids is 2. The van der Waals surface area contributed by atoms with E-state index in [1.54, 1.807) is 0 Å². The summed E-state index contributed by atoms with van der Waals surface area (Å²) in [6.07, 6.45) is -0.638. The van der Waals surface area contributed by atoms with Crippen LogP contribution in [0.2, 0.25) is 0 Å². The molecule has 0 saturated carbocycles. The van der Waals surface area contributed by atoms with E-state index in [4.69, 9.17) is 15.9 Å². The first-order chi connectivity index (χ1) is 6.93. The number of carbonyl (C=O) groups excluding carboxylic acids is 1. The van der Waals surface area contributed by atoms with Crippen LogP contribution in [-0.4, -0.2) is 40.5 Å². The van der Waals surface area contributed by atoms with Gasteiger partial charge in [0.2, 0.25) is 0 Å². The lowest BCUT2D eigenvalue weighted by atomic mass is 9.96. The van der Waals surface area contributed by atoms with Crippen molar-refractivity contribution in [2.24, 2.45) is 5.73 Å². The Hall–Kier alpha value is -1.89. The van der Waals surface area contributed by atoms with E-state index in [9.17, 15) is 14.4 Å². The quantitative estimate of drug-likeness (QED) is 0.440. The van der Waals surface area contributed by atoms with Gasteiger partial charge in [0.25, 0.3) is 0 Å². The number of hydrogen-bond acceptors (Lipinski definition) is 5. The molecule has 1 heterocycles. The predicted octanol–water partition coefficient (Wildman–Crippen LogP) is -1.70. The standard InChI is InChI=1S/C8H10N2O5/c9-4-2-10-6(8(14)15)3(7(4)13)1-5(11)12/h4,10H,1-2,9H2,(H,11,12)(H,14,15)/t4-/m0/s1. The molecule has 1 atom stereocenters. The third-order valence-electron chi connectivity index (χ3n) is 1.98. The van der Waals surface area contributed by atoms with E-state index in [0.29, 0.717) is 0 Å². The molecule has 0 fully saturated rings. The summed E-state index contributed by atoms with van der Waals surface area (Å²) in [6.45, 7) is 0.00356. The number of carbonyl (C=O) groups is 3. The van der Waals surface area contributed by atoms with Crippen molar-refractivity contribution in [3.05, 3.63) is 11.3 Å². The number of nitrogens with two attached hydrogens (primary N) is 1. The van der Waals surface area contributed by atoms with Crippen LogP contribution in [0.4, 0.5) is 0 Å². The minimum absolute atomic E-state index is 0.00356. The van der Waals surface area contributed by atoms with Crippen LogP contribution in [0.25, 0.3) is 0 Å². The van der Waals surface area contributed by atoms with Crippen molar-refractivity contribution < 1.29 is 24.6 Å². The van der Waals surface area contributed by atoms with Crippen LogP contribution in [0.15, 0.2) is 11.3 Å². The van der Waals surface area contributed by atoms with Crippen LogP contribution in [0.1, 0.15) is 6.42 Å². The van der Waals surface area contributed by atoms with E-state index >= 15 is 0 Å². The Balaban J connectivity index is 3.10. The fourth-order valence-corrected chi connectivity index (χ4v) is 1.29. The van der Waals surface area contributed by atoms with Crippen molar-refractivity contribution >= 4 is 17.7 Å². The van der Waals surface area contributed by atoms with E-state index in [1.165, 1.54) is 0 Å². The minimum Gasteiger partial charge on any atom is -0.481 e. The molecule has 7 heteroatoms. The Bertz CT molecular complexity index is 360. The van der Waals surface area contributed by atoms with E-state index in [1.807, 2.05) is 0 Å². The average Bonchev–Trinajstić information content (AvgIpc) is 2.12. The second kappa shape index (κ2) is 4.09. The smallest absolute Gasteiger partial charge is 0.352 e. The minimum atomic E-state index is -1.36. The van der Waals surface area contributed by atoms with Crippen LogP contribution >= 0.6 is 0 Å². The van der Waals surface area contributed by atoms with E-state index in [0.717, 1.165) is 0 Å². The van der Waals surface area contributed by atoms with Gasteiger partial charge < -0.3 is 21.3 Å². The molecular weight excluding hydrogens is 204 g/mol. The average molecular weight is 214 g/mol. The van der Waals surface area contributed by atoms with E-state index < -0.39 is 30.2 Å². The molecule has 1 aliphatic rings. The molecule has 0 spiro atoms. The first-order valence-electron chi connectivity index (χ1n) is 4.15. The predicted molar refractivity (Wildman–Crippen MR) is 47.9 cm³/mol. The molecule has 0 aliphatic carbocycles. The van der Waals surface area contributed by atoms with E-state index in [2.05, 4.69) is 5.32 Å². The SMILES string of the molecule is N[C@H]1CNC(C(=O)O)=C(CC(=O)O)C1=O. The van der Waals surface area contributed by atoms with Gasteiger partial charge in [-0.15, -0.1) is 0 Å². The van der Waals surface area contributed by atoms with Gasteiger partial charge >= 0.3 is 11.9 Å². The highest BCUT2D eigenvalue weighted by Gasteiger charge is 2.31. The van der Waals surface area contributed by atoms with Gasteiger partial charge in [-0.1, -0.05) is 0 Å². The second-order valence-corrected chi connectivity index (χ2v) is 3.08. The van der Waals surface area contributed by atoms with Gasteiger partial charge in [0.1, 0.15) is 5.70 Å². The number of hydrogen-bond donors (Lipinski definition) is 4. The Morgan fingerprint density at radius 2 is 2.07 bits per heavy atom. The van der Waals surface area contributed by atoms with Crippen molar-refractivity contribution in [1.82, 2.24) is 5.32 Å². The summed E-state index contributed by atoms with van der Waals surface area (Å²) in [5, 5.41) is 19.7. The van der Waals surface area contributed by atoms with Gasteiger partial charge in [-0.2, -0.15) is 0 Å². The third kappa shape index (κ3) is 2.32. The number of nitrogens with one attached hydrogen (secondary N) is 1. The topological polar surface area (TPSA) is 130 Å². The molecular formula is C8H10N2O5. The third-order valence-corrected chi connectivity index (χ3v) is 1.98. The molecule has 0 bridgehead atoms. The summed E-state index contributed by atoms with van der Waals surface area (Å²) in [6, 6.07) is -0.887. The molecule has 0 radical (unpaired) electrons. The number of rotatable bonds is 3. The van der Waals surface area contributed by atoms with Gasteiger partial charge in [-0.25, -0.2) is 4.79 Å². The van der Waals surface area contributed by atoms with Crippen LogP contribution in [0.5, 0.6) is 0 Å². The highest BCUT2D eigenvalue weighted by molar-refractivity contribution is 6.09. The summed E-state index contributed by atoms with van der Waals surface area (Å²) in [7, 11) is 0. The van der Waals surface area contributed by atoms with Crippen LogP contribution in [-0.2, 0) is 14.4 Å². The molecule has 15 heavy (non-hydrogen) atoms. The van der Waals surface area contributed by atoms with Crippen molar-refractivity contribution in [2.75, 3.05) is 6.54 Å². The van der Waals surface area contributed by atoms with Gasteiger partial charge in [0, 0.05) is 12.1 Å². The summed E-state index contributed by atoms with van der Waals surface area (Å²) < 4.78 is 0. The molecule has 0 amide bonds. The zero-order chi connectivity index (χ0) is 11.6. The first-order valence-corrected chi connectivity index (χ1v) is 4.15. The molecule has 0 unspecified atom stereocenters. The molecule has 1 aliphatic heterocycles. The lowest BCUT2D eigenvalue weighted by Gasteiger charge is -2.22. The second-order valence-electron chi connectivity index (χ2n) is 3.08. The molecule has 0 saturated heterocycles. The Kier molecular flexibility index (Phi) is 3.05. The monoisotopic (exact) mass is 214 g/mol. The van der Waals surface area contributed by atoms with Gasteiger partial charge in [0.15, 0.2) is 5.78 Å². The van der Waals surface area contributed by atoms with Crippen LogP contribution in [0, 0.1) is 0 Å². The maximum absolute atomic E-state index is 11.4. The molecule has 82 valence electrons. The summed E-state index contributed by atoms with van der Waals surface area (Å²) in [5.74, 6) is -3.26. The number of carboxylic acid groups (broad SMARTS) is 2. The Labute approximate surface area is 84.6 Å². The maximum Gasteiger partial charge on any atom is 0.352 e. The first kappa shape index (κ1) is 11.2. The lowest BCUT2D eigenvalue weighted by Crippen LogP contribution is -2.47. The fourth-order valence-electron chi connectivity index (χ4n) is 1.29. The highest BCUT2D eigenvalue weighted by Crippen LogP contribution is 2.14. The zero-order valence-corrected chi connectivity index (χ0v) is 7.69. The van der Waals surface area contributed by atoms with Crippen molar-refractivity contribution in [2.45, 2.75) is 12.5 Å². The summed E-state index contributed by atoms with van der Waals surface area (Å²) in [5.41, 5.74) is 4.72. The van der Waals surface area contributed by atoms with E-state index in [-0.39, 0.29) is 17.8 Å². The van der Waals surface area contributed by atoms with Crippen molar-refractivity contribution in [3.63, 3.8) is 0 Å². The van der Waals surface area contributed by atoms with Gasteiger partial charge in [0.05, 0.1) is 12.5 Å². The van der Waals surface area contributed by atoms with Crippen LogP contribution in [0.3, 0.4) is 0 Å². The van der Waals surface area contributed by atoms with Gasteiger partial charge in [-0.3, -0.25) is 9.59 Å². The van der Waals surface area contributed by atoms with Crippen molar-refractivity contribution in [1.29, 1.82) is 0 Å². The Morgan fingerprint density at radius 1 is 1.47 bits per heavy atom. The normalized spacial score (nSPS) is 21.1. The molecule has 0 aromatic carbocycles. The van der Waals surface area contributed by atoms with Gasteiger partial charge in [-0.05, 0) is 0 Å². The molecule has 1 rings (SSSR count). The number of Topliss-reactive ketones (excluding diaryl/α,β-unsaturated/α-hetero) is 1. The molecule has 5 N–H and O–H groups in total. The summed E-state index contributed by atoms with van der Waals surface area (Å²) in [4.78, 5) is 32.6. The number of aliphatic carboxylic acids is 2. The Morgan fingerprint density at radius 3 is 2.53 bits per heavy atom. The highest BCUT2D eigenvalue weighted by atomic mass is 16.4. The molecule has 0 aromatic rings. The largest absolute Gasteiger partial charge is 0.481 e. The van der Waals surface area contributed by atoms with Crippen LogP contribution < -0.4 is 11.1 Å². The fraction of sp³-hybridized carbons (Fsp3) is 0.375. The van der Waals surface area contributed by atoms with Crippen molar-refractivity contribution in [3.8, 4) is 0 Å². The molecule has 0 aromatic heterocycles. The maximum atomic E-state index is 11.4. The zero-order valence-electron chi connectivity index (χ0n) is 7.69. The molecule has 7 nitrogen and oxygen atoms in total. The number of ketones is 1. The summed E-state index contributed by atoms with van der Waals surface area (Å²) >= 11 is 0. The lowest BCUT2D eigenvalue weighted by molar-refractivity contribution is -0.137.